The number of nitrogens with one attached hydrogen (secondary N) is 2. The van der Waals surface area contributed by atoms with E-state index >= 15 is 0 Å². The van der Waals surface area contributed by atoms with Crippen LogP contribution in [-0.2, 0) is 15.6 Å². The van der Waals surface area contributed by atoms with Crippen molar-refractivity contribution < 1.29 is 13.8 Å². The van der Waals surface area contributed by atoms with Crippen molar-refractivity contribution in [1.82, 2.24) is 5.32 Å². The molecule has 0 aliphatic rings. The van der Waals surface area contributed by atoms with Crippen molar-refractivity contribution in [3.8, 4) is 0 Å². The van der Waals surface area contributed by atoms with Crippen molar-refractivity contribution in [2.45, 2.75) is 17.7 Å². The number of hydrogen-bond donors (Lipinski definition) is 2. The first-order valence-corrected chi connectivity index (χ1v) is 9.66. The second kappa shape index (κ2) is 9.34. The Bertz CT molecular complexity index is 761. The Kier molecular flexibility index (Phi) is 7.16. The summed E-state index contributed by atoms with van der Waals surface area (Å²) in [6.07, 6.45) is 2.42. The van der Waals surface area contributed by atoms with Crippen molar-refractivity contribution in [2.24, 2.45) is 0 Å². The molecule has 2 rings (SSSR count). The van der Waals surface area contributed by atoms with Gasteiger partial charge in [0.05, 0.1) is 0 Å². The van der Waals surface area contributed by atoms with E-state index in [2.05, 4.69) is 10.6 Å². The van der Waals surface area contributed by atoms with E-state index in [1.165, 1.54) is 0 Å². The van der Waals surface area contributed by atoms with Crippen LogP contribution in [0.5, 0.6) is 0 Å². The summed E-state index contributed by atoms with van der Waals surface area (Å²) in [5, 5.41) is 6.14. The predicted octanol–water partition coefficient (Wildman–Crippen LogP) is 3.23. The lowest BCUT2D eigenvalue weighted by Gasteiger charge is -2.07. The van der Waals surface area contributed by atoms with Crippen LogP contribution in [0, 0.1) is 0 Å². The molecule has 2 N–H and O–H groups in total. The lowest BCUT2D eigenvalue weighted by Crippen LogP contribution is -2.25. The first-order chi connectivity index (χ1) is 12.0. The standard InChI is InChI=1S/C18H19ClN2O3S/c1-25(24)16-10-4-13(5-11-16)18(23)20-12-2-3-17(22)21-15-8-6-14(19)7-9-15/h4-11H,2-3,12H2,1H3,(H,20,23)(H,21,22). The van der Waals surface area contributed by atoms with Crippen LogP contribution >= 0.6 is 11.6 Å². The van der Waals surface area contributed by atoms with E-state index in [1.807, 2.05) is 0 Å². The van der Waals surface area contributed by atoms with Crippen LogP contribution in [0.4, 0.5) is 5.69 Å². The van der Waals surface area contributed by atoms with Gasteiger partial charge >= 0.3 is 0 Å². The molecular formula is C18H19ClN2O3S. The summed E-state index contributed by atoms with van der Waals surface area (Å²) in [6, 6.07) is 13.5. The van der Waals surface area contributed by atoms with Gasteiger partial charge in [-0.3, -0.25) is 13.8 Å². The second-order valence-electron chi connectivity index (χ2n) is 5.39. The Morgan fingerprint density at radius 2 is 1.68 bits per heavy atom. The summed E-state index contributed by atoms with van der Waals surface area (Å²) in [7, 11) is -1.06. The molecule has 25 heavy (non-hydrogen) atoms. The van der Waals surface area contributed by atoms with E-state index in [0.717, 1.165) is 0 Å². The number of amides is 2. The maximum atomic E-state index is 12.0. The molecule has 0 aliphatic heterocycles. The van der Waals surface area contributed by atoms with Gasteiger partial charge in [-0.05, 0) is 55.0 Å². The first-order valence-electron chi connectivity index (χ1n) is 7.73. The third kappa shape index (κ3) is 6.32. The molecule has 2 aromatic rings. The minimum Gasteiger partial charge on any atom is -0.352 e. The molecule has 0 spiro atoms. The predicted molar refractivity (Wildman–Crippen MR) is 100 cm³/mol. The number of halogens is 1. The van der Waals surface area contributed by atoms with E-state index in [9.17, 15) is 13.8 Å². The fraction of sp³-hybridized carbons (Fsp3) is 0.222. The van der Waals surface area contributed by atoms with E-state index in [4.69, 9.17) is 11.6 Å². The molecule has 7 heteroatoms. The maximum absolute atomic E-state index is 12.0. The highest BCUT2D eigenvalue weighted by Crippen LogP contribution is 2.13. The summed E-state index contributed by atoms with van der Waals surface area (Å²) in [5.74, 6) is -0.335. The molecule has 5 nitrogen and oxygen atoms in total. The second-order valence-corrected chi connectivity index (χ2v) is 7.21. The van der Waals surface area contributed by atoms with Gasteiger partial charge < -0.3 is 10.6 Å². The summed E-state index contributed by atoms with van der Waals surface area (Å²) in [5.41, 5.74) is 1.19. The number of carbonyl (C=O) groups excluding carboxylic acids is 2. The first kappa shape index (κ1) is 19.1. The average Bonchev–Trinajstić information content (AvgIpc) is 2.60. The van der Waals surface area contributed by atoms with E-state index in [0.29, 0.717) is 40.6 Å². The molecule has 0 aromatic heterocycles. The molecule has 0 saturated heterocycles. The molecule has 0 fully saturated rings. The molecule has 0 bridgehead atoms. The van der Waals surface area contributed by atoms with Gasteiger partial charge in [0.2, 0.25) is 5.91 Å². The number of anilines is 1. The van der Waals surface area contributed by atoms with Crippen molar-refractivity contribution in [2.75, 3.05) is 18.1 Å². The van der Waals surface area contributed by atoms with Gasteiger partial charge in [-0.15, -0.1) is 0 Å². The van der Waals surface area contributed by atoms with Crippen LogP contribution in [-0.4, -0.2) is 28.8 Å². The van der Waals surface area contributed by atoms with Gasteiger partial charge in [0.25, 0.3) is 5.91 Å². The van der Waals surface area contributed by atoms with Gasteiger partial charge in [-0.2, -0.15) is 0 Å². The Balaban J connectivity index is 1.71. The zero-order chi connectivity index (χ0) is 18.2. The van der Waals surface area contributed by atoms with E-state index in [-0.39, 0.29) is 11.8 Å². The van der Waals surface area contributed by atoms with Crippen molar-refractivity contribution in [1.29, 1.82) is 0 Å². The van der Waals surface area contributed by atoms with Crippen molar-refractivity contribution in [3.05, 3.63) is 59.1 Å². The molecule has 2 amide bonds. The Morgan fingerprint density at radius 3 is 2.28 bits per heavy atom. The number of hydrogen-bond acceptors (Lipinski definition) is 3. The summed E-state index contributed by atoms with van der Waals surface area (Å²) >= 11 is 5.79. The van der Waals surface area contributed by atoms with Crippen LogP contribution in [0.25, 0.3) is 0 Å². The van der Waals surface area contributed by atoms with Gasteiger partial charge in [0.1, 0.15) is 0 Å². The Labute approximate surface area is 154 Å². The summed E-state index contributed by atoms with van der Waals surface area (Å²) in [6.45, 7) is 0.397. The van der Waals surface area contributed by atoms with Crippen LogP contribution in [0.2, 0.25) is 5.02 Å². The molecular weight excluding hydrogens is 360 g/mol. The van der Waals surface area contributed by atoms with Crippen molar-refractivity contribution >= 4 is 39.9 Å². The summed E-state index contributed by atoms with van der Waals surface area (Å²) in [4.78, 5) is 24.5. The minimum atomic E-state index is -1.06. The highest BCUT2D eigenvalue weighted by atomic mass is 35.5. The average molecular weight is 379 g/mol. The lowest BCUT2D eigenvalue weighted by molar-refractivity contribution is -0.116. The molecule has 132 valence electrons. The molecule has 1 unspecified atom stereocenters. The zero-order valence-electron chi connectivity index (χ0n) is 13.8. The molecule has 0 heterocycles. The normalized spacial score (nSPS) is 11.6. The largest absolute Gasteiger partial charge is 0.352 e. The minimum absolute atomic E-state index is 0.119. The number of carbonyl (C=O) groups is 2. The van der Waals surface area contributed by atoms with Crippen LogP contribution in [0.1, 0.15) is 23.2 Å². The van der Waals surface area contributed by atoms with Gasteiger partial charge in [0.15, 0.2) is 0 Å². The third-order valence-electron chi connectivity index (χ3n) is 3.44. The van der Waals surface area contributed by atoms with Gasteiger partial charge in [-0.1, -0.05) is 11.6 Å². The quantitative estimate of drug-likeness (QED) is 0.726. The Hall–Kier alpha value is -2.18. The topological polar surface area (TPSA) is 75.3 Å². The van der Waals surface area contributed by atoms with Crippen LogP contribution in [0.15, 0.2) is 53.4 Å². The summed E-state index contributed by atoms with van der Waals surface area (Å²) < 4.78 is 11.3. The van der Waals surface area contributed by atoms with E-state index in [1.54, 1.807) is 54.8 Å². The third-order valence-corrected chi connectivity index (χ3v) is 4.63. The zero-order valence-corrected chi connectivity index (χ0v) is 15.3. The van der Waals surface area contributed by atoms with Crippen LogP contribution < -0.4 is 10.6 Å². The van der Waals surface area contributed by atoms with Crippen LogP contribution in [0.3, 0.4) is 0 Å². The van der Waals surface area contributed by atoms with Crippen molar-refractivity contribution in [3.63, 3.8) is 0 Å². The molecule has 1 atom stereocenters. The number of rotatable bonds is 7. The van der Waals surface area contributed by atoms with Gasteiger partial charge in [0, 0.05) is 51.2 Å². The fourth-order valence-electron chi connectivity index (χ4n) is 2.11. The number of benzene rings is 2. The molecule has 0 radical (unpaired) electrons. The Morgan fingerprint density at radius 1 is 1.04 bits per heavy atom. The fourth-order valence-corrected chi connectivity index (χ4v) is 2.75. The SMILES string of the molecule is CS(=O)c1ccc(C(=O)NCCCC(=O)Nc2ccc(Cl)cc2)cc1. The van der Waals surface area contributed by atoms with Gasteiger partial charge in [-0.25, -0.2) is 0 Å². The smallest absolute Gasteiger partial charge is 0.251 e. The maximum Gasteiger partial charge on any atom is 0.251 e. The monoisotopic (exact) mass is 378 g/mol. The molecule has 2 aromatic carbocycles. The lowest BCUT2D eigenvalue weighted by atomic mass is 10.2. The molecule has 0 saturated carbocycles. The molecule has 0 aliphatic carbocycles. The highest BCUT2D eigenvalue weighted by molar-refractivity contribution is 7.84. The highest BCUT2D eigenvalue weighted by Gasteiger charge is 2.07. The van der Waals surface area contributed by atoms with E-state index < -0.39 is 10.8 Å².